The van der Waals surface area contributed by atoms with E-state index < -0.39 is 11.7 Å². The zero-order chi connectivity index (χ0) is 27.4. The molecule has 38 heavy (non-hydrogen) atoms. The van der Waals surface area contributed by atoms with E-state index in [1.807, 2.05) is 14.0 Å². The van der Waals surface area contributed by atoms with Crippen LogP contribution in [0.3, 0.4) is 0 Å². The molecule has 4 rings (SSSR count). The van der Waals surface area contributed by atoms with Crippen LogP contribution in [-0.4, -0.2) is 77.5 Å². The number of carbonyl (C=O) groups is 1. The zero-order valence-electron chi connectivity index (χ0n) is 22.5. The molecule has 0 radical (unpaired) electrons. The number of rotatable bonds is 9. The predicted octanol–water partition coefficient (Wildman–Crippen LogP) is 4.59. The number of hydrogen-bond donors (Lipinski definition) is 3. The second-order valence-corrected chi connectivity index (χ2v) is 10.5. The fraction of sp³-hybridized carbons (Fsp3) is 0.593. The molecule has 2 heterocycles. The number of alkyl halides is 3. The number of benzene rings is 1. The maximum atomic E-state index is 13.6. The number of amides is 1. The number of hydrogen-bond acceptors (Lipinski definition) is 7. The number of anilines is 3. The predicted molar refractivity (Wildman–Crippen MR) is 143 cm³/mol. The minimum absolute atomic E-state index is 0.0503. The summed E-state index contributed by atoms with van der Waals surface area (Å²) in [6.45, 7) is 6.93. The quantitative estimate of drug-likeness (QED) is 0.435. The second-order valence-electron chi connectivity index (χ2n) is 10.5. The molecule has 1 aromatic heterocycles. The van der Waals surface area contributed by atoms with Crippen molar-refractivity contribution in [2.75, 3.05) is 44.4 Å². The van der Waals surface area contributed by atoms with Crippen molar-refractivity contribution in [2.24, 2.45) is 5.92 Å². The molecule has 1 atom stereocenters. The molecule has 8 nitrogen and oxygen atoms in total. The number of aromatic nitrogens is 2. The lowest BCUT2D eigenvalue weighted by Crippen LogP contribution is -2.46. The minimum atomic E-state index is -4.57. The van der Waals surface area contributed by atoms with Crippen LogP contribution in [0.15, 0.2) is 30.5 Å². The van der Waals surface area contributed by atoms with E-state index in [1.165, 1.54) is 0 Å². The van der Waals surface area contributed by atoms with Crippen LogP contribution in [0.2, 0.25) is 0 Å². The van der Waals surface area contributed by atoms with Crippen molar-refractivity contribution in [2.45, 2.75) is 63.8 Å². The first-order valence-corrected chi connectivity index (χ1v) is 13.3. The van der Waals surface area contributed by atoms with E-state index in [4.69, 9.17) is 0 Å². The van der Waals surface area contributed by atoms with Gasteiger partial charge in [0.05, 0.1) is 0 Å². The standard InChI is InChI=1S/C27H38F3N7O/c1-5-31-17(2)19-14-21(15-19)33-24-23(27(28,29)30)16-32-26(35-24)34-20-8-6-18(7-9-20)25(38)37(4)22-10-12-36(3)13-11-22/h6-9,16-17,19,21-22,31H,5,10-15H2,1-4H3,(H2,32,33,34,35)/t17?,19-,21+. The highest BCUT2D eigenvalue weighted by Gasteiger charge is 2.38. The van der Waals surface area contributed by atoms with Crippen LogP contribution in [0.5, 0.6) is 0 Å². The summed E-state index contributed by atoms with van der Waals surface area (Å²) in [7, 11) is 3.92. The Balaban J connectivity index is 1.41. The maximum absolute atomic E-state index is 13.6. The summed E-state index contributed by atoms with van der Waals surface area (Å²) in [5.41, 5.74) is 0.250. The molecule has 1 aliphatic heterocycles. The molecule has 208 valence electrons. The van der Waals surface area contributed by atoms with Crippen LogP contribution in [0.4, 0.5) is 30.6 Å². The van der Waals surface area contributed by atoms with E-state index in [0.717, 1.165) is 51.5 Å². The van der Waals surface area contributed by atoms with Gasteiger partial charge in [0.15, 0.2) is 0 Å². The normalized spacial score (nSPS) is 21.4. The Bertz CT molecular complexity index is 1080. The lowest BCUT2D eigenvalue weighted by molar-refractivity contribution is -0.137. The van der Waals surface area contributed by atoms with E-state index in [0.29, 0.717) is 23.2 Å². The largest absolute Gasteiger partial charge is 0.421 e. The monoisotopic (exact) mass is 533 g/mol. The molecule has 1 aromatic carbocycles. The SMILES string of the molecule is CCNC(C)[C@H]1C[C@@H](Nc2nc(Nc3ccc(C(=O)N(C)C4CCN(C)CC4)cc3)ncc2C(F)(F)F)C1. The van der Waals surface area contributed by atoms with Gasteiger partial charge in [0.2, 0.25) is 5.95 Å². The number of carbonyl (C=O) groups excluding carboxylic acids is 1. The molecule has 1 aliphatic carbocycles. The van der Waals surface area contributed by atoms with Crippen LogP contribution in [-0.2, 0) is 6.18 Å². The van der Waals surface area contributed by atoms with Crippen molar-refractivity contribution in [1.29, 1.82) is 0 Å². The van der Waals surface area contributed by atoms with Crippen LogP contribution in [0.25, 0.3) is 0 Å². The molecular weight excluding hydrogens is 495 g/mol. The topological polar surface area (TPSA) is 85.4 Å². The third-order valence-electron chi connectivity index (χ3n) is 7.79. The molecule has 0 bridgehead atoms. The number of likely N-dealkylation sites (tertiary alicyclic amines) is 1. The molecule has 1 saturated heterocycles. The zero-order valence-corrected chi connectivity index (χ0v) is 22.5. The van der Waals surface area contributed by atoms with Crippen molar-refractivity contribution >= 4 is 23.4 Å². The molecule has 0 spiro atoms. The van der Waals surface area contributed by atoms with Crippen molar-refractivity contribution in [1.82, 2.24) is 25.1 Å². The van der Waals surface area contributed by atoms with Crippen molar-refractivity contribution in [3.8, 4) is 0 Å². The van der Waals surface area contributed by atoms with Gasteiger partial charge in [-0.15, -0.1) is 0 Å². The first kappa shape index (κ1) is 28.1. The number of nitrogens with one attached hydrogen (secondary N) is 3. The van der Waals surface area contributed by atoms with Gasteiger partial charge in [0, 0.05) is 42.6 Å². The van der Waals surface area contributed by atoms with Gasteiger partial charge in [0.1, 0.15) is 11.4 Å². The average Bonchev–Trinajstić information content (AvgIpc) is 2.85. The van der Waals surface area contributed by atoms with Gasteiger partial charge in [-0.3, -0.25) is 4.79 Å². The van der Waals surface area contributed by atoms with E-state index in [9.17, 15) is 18.0 Å². The molecule has 1 unspecified atom stereocenters. The summed E-state index contributed by atoms with van der Waals surface area (Å²) < 4.78 is 40.9. The summed E-state index contributed by atoms with van der Waals surface area (Å²) >= 11 is 0. The molecule has 1 amide bonds. The van der Waals surface area contributed by atoms with Crippen LogP contribution in [0, 0.1) is 5.92 Å². The van der Waals surface area contributed by atoms with Crippen LogP contribution in [0.1, 0.15) is 55.5 Å². The lowest BCUT2D eigenvalue weighted by atomic mass is 9.76. The van der Waals surface area contributed by atoms with Gasteiger partial charge in [-0.05, 0) is 89.5 Å². The fourth-order valence-electron chi connectivity index (χ4n) is 5.21. The third kappa shape index (κ3) is 6.74. The summed E-state index contributed by atoms with van der Waals surface area (Å²) in [4.78, 5) is 25.1. The number of piperidine rings is 1. The minimum Gasteiger partial charge on any atom is -0.367 e. The summed E-state index contributed by atoms with van der Waals surface area (Å²) in [6.07, 6.45) is -0.321. The molecule has 11 heteroatoms. The highest BCUT2D eigenvalue weighted by Crippen LogP contribution is 2.38. The Morgan fingerprint density at radius 3 is 2.45 bits per heavy atom. The van der Waals surface area contributed by atoms with Crippen molar-refractivity contribution in [3.63, 3.8) is 0 Å². The van der Waals surface area contributed by atoms with Gasteiger partial charge in [0.25, 0.3) is 5.91 Å². The van der Waals surface area contributed by atoms with Crippen LogP contribution >= 0.6 is 0 Å². The number of halogens is 3. The van der Waals surface area contributed by atoms with Gasteiger partial charge in [-0.25, -0.2) is 4.98 Å². The van der Waals surface area contributed by atoms with Crippen LogP contribution < -0.4 is 16.0 Å². The van der Waals surface area contributed by atoms with Gasteiger partial charge < -0.3 is 25.8 Å². The fourth-order valence-corrected chi connectivity index (χ4v) is 5.21. The Kier molecular flexibility index (Phi) is 8.77. The molecule has 2 fully saturated rings. The summed E-state index contributed by atoms with van der Waals surface area (Å²) in [5.74, 6) is 0.201. The second kappa shape index (κ2) is 11.9. The van der Waals surface area contributed by atoms with E-state index >= 15 is 0 Å². The van der Waals surface area contributed by atoms with E-state index in [1.54, 1.807) is 29.2 Å². The third-order valence-corrected chi connectivity index (χ3v) is 7.79. The Morgan fingerprint density at radius 1 is 1.18 bits per heavy atom. The summed E-state index contributed by atoms with van der Waals surface area (Å²) in [5, 5.41) is 9.32. The van der Waals surface area contributed by atoms with Crippen molar-refractivity contribution in [3.05, 3.63) is 41.6 Å². The molecule has 3 N–H and O–H groups in total. The molecular formula is C27H38F3N7O. The molecule has 1 saturated carbocycles. The Hall–Kier alpha value is -2.92. The molecule has 2 aromatic rings. The Morgan fingerprint density at radius 2 is 1.84 bits per heavy atom. The highest BCUT2D eigenvalue weighted by atomic mass is 19.4. The first-order valence-electron chi connectivity index (χ1n) is 13.3. The highest BCUT2D eigenvalue weighted by molar-refractivity contribution is 5.94. The summed E-state index contributed by atoms with van der Waals surface area (Å²) in [6, 6.07) is 7.29. The number of nitrogens with zero attached hydrogens (tertiary/aromatic N) is 4. The van der Waals surface area contributed by atoms with Gasteiger partial charge in [-0.1, -0.05) is 6.92 Å². The van der Waals surface area contributed by atoms with E-state index in [-0.39, 0.29) is 29.8 Å². The van der Waals surface area contributed by atoms with E-state index in [2.05, 4.69) is 44.8 Å². The van der Waals surface area contributed by atoms with Gasteiger partial charge >= 0.3 is 6.18 Å². The Labute approximate surface area is 222 Å². The average molecular weight is 534 g/mol. The smallest absolute Gasteiger partial charge is 0.367 e. The maximum Gasteiger partial charge on any atom is 0.421 e. The van der Waals surface area contributed by atoms with Gasteiger partial charge in [-0.2, -0.15) is 18.2 Å². The molecule has 2 aliphatic rings. The van der Waals surface area contributed by atoms with Crippen molar-refractivity contribution < 1.29 is 18.0 Å². The first-order chi connectivity index (χ1) is 18.0. The lowest BCUT2D eigenvalue weighted by Gasteiger charge is -2.40.